The van der Waals surface area contributed by atoms with E-state index in [4.69, 9.17) is 0 Å². The van der Waals surface area contributed by atoms with E-state index in [2.05, 4.69) is 10.6 Å². The van der Waals surface area contributed by atoms with Crippen LogP contribution in [0.25, 0.3) is 0 Å². The number of hydrogen-bond acceptors (Lipinski definition) is 3. The van der Waals surface area contributed by atoms with E-state index in [1.54, 1.807) is 0 Å². The van der Waals surface area contributed by atoms with Crippen LogP contribution in [0.2, 0.25) is 0 Å². The number of carbonyl (C=O) groups is 2. The zero-order valence-corrected chi connectivity index (χ0v) is 9.79. The number of urea groups is 1. The lowest BCUT2D eigenvalue weighted by atomic mass is 10.0. The first-order valence-electron chi connectivity index (χ1n) is 5.60. The number of rotatable bonds is 5. The Kier molecular flexibility index (Phi) is 3.58. The fourth-order valence-corrected chi connectivity index (χ4v) is 4.30. The summed E-state index contributed by atoms with van der Waals surface area (Å²) >= 11 is 0. The normalized spacial score (nSPS) is 36.6. The summed E-state index contributed by atoms with van der Waals surface area (Å²) in [5, 5.41) is 5.65. The second kappa shape index (κ2) is 4.95. The van der Waals surface area contributed by atoms with Gasteiger partial charge in [0.15, 0.2) is 0 Å². The minimum Gasteiger partial charge on any atom is -0.332 e. The molecule has 6 heteroatoms. The molecule has 2 N–H and O–H groups in total. The molecule has 0 aromatic rings. The zero-order valence-electron chi connectivity index (χ0n) is 8.98. The molecule has 0 radical (unpaired) electrons. The van der Waals surface area contributed by atoms with Gasteiger partial charge in [0.1, 0.15) is 6.29 Å². The molecule has 16 heavy (non-hydrogen) atoms. The molecule has 0 bridgehead atoms. The average Bonchev–Trinajstić information content (AvgIpc) is 2.70. The van der Waals surface area contributed by atoms with E-state index in [9.17, 15) is 13.8 Å². The lowest BCUT2D eigenvalue weighted by Gasteiger charge is -2.15. The number of hydrogen-bond donors (Lipinski definition) is 2. The van der Waals surface area contributed by atoms with Crippen molar-refractivity contribution >= 4 is 23.1 Å². The zero-order chi connectivity index (χ0) is 11.5. The highest BCUT2D eigenvalue weighted by Gasteiger charge is 2.46. The summed E-state index contributed by atoms with van der Waals surface area (Å²) in [5.41, 5.74) is 0. The van der Waals surface area contributed by atoms with E-state index in [1.807, 2.05) is 0 Å². The number of fused-ring (bicyclic) bond motifs is 1. The maximum Gasteiger partial charge on any atom is 0.315 e. The van der Waals surface area contributed by atoms with Crippen LogP contribution in [0.3, 0.4) is 0 Å². The van der Waals surface area contributed by atoms with Crippen LogP contribution < -0.4 is 10.6 Å². The van der Waals surface area contributed by atoms with E-state index < -0.39 is 10.8 Å². The van der Waals surface area contributed by atoms with E-state index in [0.717, 1.165) is 25.5 Å². The van der Waals surface area contributed by atoms with Gasteiger partial charge in [-0.25, -0.2) is 4.79 Å². The van der Waals surface area contributed by atoms with E-state index in [-0.39, 0.29) is 23.4 Å². The van der Waals surface area contributed by atoms with Gasteiger partial charge in [-0.3, -0.25) is 4.21 Å². The molecule has 90 valence electrons. The van der Waals surface area contributed by atoms with E-state index >= 15 is 0 Å². The van der Waals surface area contributed by atoms with Gasteiger partial charge >= 0.3 is 6.03 Å². The van der Waals surface area contributed by atoms with Gasteiger partial charge in [-0.1, -0.05) is 6.42 Å². The van der Waals surface area contributed by atoms with Crippen molar-refractivity contribution in [2.75, 3.05) is 5.75 Å². The molecular weight excluding hydrogens is 228 g/mol. The molecule has 0 aliphatic carbocycles. The second-order valence-corrected chi connectivity index (χ2v) is 5.99. The molecule has 2 saturated heterocycles. The smallest absolute Gasteiger partial charge is 0.315 e. The maximum atomic E-state index is 11.8. The first kappa shape index (κ1) is 11.6. The number of carbonyl (C=O) groups excluding carboxylic acids is 2. The summed E-state index contributed by atoms with van der Waals surface area (Å²) in [7, 11) is -0.855. The monoisotopic (exact) mass is 244 g/mol. The van der Waals surface area contributed by atoms with Crippen molar-refractivity contribution in [2.24, 2.45) is 0 Å². The van der Waals surface area contributed by atoms with Gasteiger partial charge in [0.05, 0.1) is 17.3 Å². The van der Waals surface area contributed by atoms with Gasteiger partial charge in [0.2, 0.25) is 0 Å². The summed E-state index contributed by atoms with van der Waals surface area (Å²) in [6, 6.07) is -0.0986. The fourth-order valence-electron chi connectivity index (χ4n) is 2.40. The average molecular weight is 244 g/mol. The third kappa shape index (κ3) is 2.26. The minimum atomic E-state index is -0.855. The van der Waals surface area contributed by atoms with E-state index in [1.165, 1.54) is 0 Å². The second-order valence-electron chi connectivity index (χ2n) is 4.29. The van der Waals surface area contributed by atoms with Crippen LogP contribution in [0.4, 0.5) is 4.79 Å². The molecule has 2 amide bonds. The molecule has 0 aromatic carbocycles. The first-order valence-corrected chi connectivity index (χ1v) is 6.98. The van der Waals surface area contributed by atoms with Crippen LogP contribution in [0.1, 0.15) is 25.7 Å². The highest BCUT2D eigenvalue weighted by atomic mass is 32.2. The van der Waals surface area contributed by atoms with Gasteiger partial charge in [0, 0.05) is 23.0 Å². The van der Waals surface area contributed by atoms with Crippen LogP contribution in [0.5, 0.6) is 0 Å². The Morgan fingerprint density at radius 2 is 2.19 bits per heavy atom. The lowest BCUT2D eigenvalue weighted by molar-refractivity contribution is -0.107. The van der Waals surface area contributed by atoms with Crippen LogP contribution in [-0.2, 0) is 15.6 Å². The van der Waals surface area contributed by atoms with Crippen molar-refractivity contribution in [1.82, 2.24) is 10.6 Å². The van der Waals surface area contributed by atoms with Crippen molar-refractivity contribution in [3.63, 3.8) is 0 Å². The Bertz CT molecular complexity index is 321. The predicted octanol–water partition coefficient (Wildman–Crippen LogP) is -0.0734. The molecule has 4 atom stereocenters. The van der Waals surface area contributed by atoms with Gasteiger partial charge in [-0.15, -0.1) is 0 Å². The summed E-state index contributed by atoms with van der Waals surface area (Å²) in [5.74, 6) is 0.557. The standard InChI is InChI=1S/C10H16N2O3S/c13-5-3-1-2-4-8-9-7(6-16(8)15)11-10(14)12-9/h5,7-9H,1-4,6H2,(H2,11,12,14)/t7-,8-,9-,16?/m0/s1. The Morgan fingerprint density at radius 3 is 2.94 bits per heavy atom. The van der Waals surface area contributed by atoms with Crippen molar-refractivity contribution in [3.05, 3.63) is 0 Å². The minimum absolute atomic E-state index is 0.0181. The molecule has 0 spiro atoms. The Balaban J connectivity index is 1.85. The van der Waals surface area contributed by atoms with Crippen molar-refractivity contribution < 1.29 is 13.8 Å². The lowest BCUT2D eigenvalue weighted by Crippen LogP contribution is -2.38. The third-order valence-electron chi connectivity index (χ3n) is 3.19. The van der Waals surface area contributed by atoms with Crippen molar-refractivity contribution in [1.29, 1.82) is 0 Å². The van der Waals surface area contributed by atoms with Gasteiger partial charge in [-0.05, 0) is 12.8 Å². The number of nitrogens with one attached hydrogen (secondary N) is 2. The number of unbranched alkanes of at least 4 members (excludes halogenated alkanes) is 2. The van der Waals surface area contributed by atoms with Gasteiger partial charge < -0.3 is 15.4 Å². The predicted molar refractivity (Wildman–Crippen MR) is 60.6 cm³/mol. The van der Waals surface area contributed by atoms with Crippen LogP contribution >= 0.6 is 0 Å². The molecule has 1 unspecified atom stereocenters. The number of aldehydes is 1. The SMILES string of the molecule is O=CCCCC[C@H]1[C@H]2NC(=O)N[C@H]2CS1=O. The summed E-state index contributed by atoms with van der Waals surface area (Å²) in [4.78, 5) is 21.3. The summed E-state index contributed by atoms with van der Waals surface area (Å²) < 4.78 is 11.8. The number of amides is 2. The summed E-state index contributed by atoms with van der Waals surface area (Å²) in [6.45, 7) is 0. The van der Waals surface area contributed by atoms with Crippen LogP contribution in [0, 0.1) is 0 Å². The fraction of sp³-hybridized carbons (Fsp3) is 0.800. The first-order chi connectivity index (χ1) is 7.72. The quantitative estimate of drug-likeness (QED) is 0.404. The molecule has 2 aliphatic heterocycles. The largest absolute Gasteiger partial charge is 0.332 e. The van der Waals surface area contributed by atoms with Crippen molar-refractivity contribution in [2.45, 2.75) is 43.0 Å². The Labute approximate surface area is 96.8 Å². The van der Waals surface area contributed by atoms with Crippen LogP contribution in [0.15, 0.2) is 0 Å². The van der Waals surface area contributed by atoms with Crippen LogP contribution in [-0.4, -0.2) is 39.6 Å². The maximum absolute atomic E-state index is 11.8. The van der Waals surface area contributed by atoms with Crippen molar-refractivity contribution in [3.8, 4) is 0 Å². The molecule has 2 aliphatic rings. The molecule has 0 aromatic heterocycles. The summed E-state index contributed by atoms with van der Waals surface area (Å²) in [6.07, 6.45) is 4.04. The highest BCUT2D eigenvalue weighted by Crippen LogP contribution is 2.25. The molecule has 0 saturated carbocycles. The van der Waals surface area contributed by atoms with Gasteiger partial charge in [0.25, 0.3) is 0 Å². The molecule has 2 fully saturated rings. The Morgan fingerprint density at radius 1 is 1.38 bits per heavy atom. The third-order valence-corrected chi connectivity index (χ3v) is 5.08. The molecule has 2 heterocycles. The molecule has 2 rings (SSSR count). The van der Waals surface area contributed by atoms with E-state index in [0.29, 0.717) is 12.2 Å². The molecular formula is C10H16N2O3S. The van der Waals surface area contributed by atoms with Gasteiger partial charge in [-0.2, -0.15) is 0 Å². The molecule has 5 nitrogen and oxygen atoms in total. The highest BCUT2D eigenvalue weighted by molar-refractivity contribution is 7.86. The Hall–Kier alpha value is -0.910. The topological polar surface area (TPSA) is 75.3 Å².